The van der Waals surface area contributed by atoms with E-state index in [0.29, 0.717) is 13.1 Å². The second kappa shape index (κ2) is 10.7. The van der Waals surface area contributed by atoms with E-state index in [2.05, 4.69) is 5.32 Å². The van der Waals surface area contributed by atoms with Crippen LogP contribution in [-0.2, 0) is 11.3 Å². The van der Waals surface area contributed by atoms with Crippen LogP contribution in [0, 0.1) is 5.82 Å². The van der Waals surface area contributed by atoms with Crippen molar-refractivity contribution in [3.8, 4) is 5.75 Å². The molecule has 1 N–H and O–H groups in total. The first kappa shape index (κ1) is 23.3. The lowest BCUT2D eigenvalue weighted by Gasteiger charge is -2.23. The Hall–Kier alpha value is -2.93. The molecule has 0 radical (unpaired) electrons. The molecule has 0 spiro atoms. The van der Waals surface area contributed by atoms with E-state index in [4.69, 9.17) is 9.47 Å². The van der Waals surface area contributed by atoms with Crippen LogP contribution in [0.25, 0.3) is 0 Å². The molecule has 2 rings (SSSR count). The molecule has 1 amide bonds. The molecule has 7 heteroatoms. The number of halogens is 1. The Morgan fingerprint density at radius 3 is 2.33 bits per heavy atom. The quantitative estimate of drug-likeness (QED) is 0.625. The van der Waals surface area contributed by atoms with E-state index in [1.165, 1.54) is 12.1 Å². The van der Waals surface area contributed by atoms with Gasteiger partial charge in [-0.25, -0.2) is 9.18 Å². The first-order valence-electron chi connectivity index (χ1n) is 9.78. The summed E-state index contributed by atoms with van der Waals surface area (Å²) in [4.78, 5) is 26.4. The summed E-state index contributed by atoms with van der Waals surface area (Å²) in [5, 5.41) is 2.69. The fourth-order valence-corrected chi connectivity index (χ4v) is 2.81. The monoisotopic (exact) mass is 416 g/mol. The lowest BCUT2D eigenvalue weighted by Crippen LogP contribution is -2.39. The average molecular weight is 416 g/mol. The van der Waals surface area contributed by atoms with Crippen molar-refractivity contribution in [1.82, 2.24) is 10.2 Å². The molecule has 0 saturated carbocycles. The maximum atomic E-state index is 14.0. The lowest BCUT2D eigenvalue weighted by molar-refractivity contribution is 0.0522. The molecule has 0 aromatic heterocycles. The minimum atomic E-state index is -0.590. The van der Waals surface area contributed by atoms with Crippen LogP contribution in [-0.4, -0.2) is 49.1 Å². The molecule has 0 aliphatic rings. The molecule has 0 heterocycles. The number of hydrogen-bond acceptors (Lipinski definition) is 5. The van der Waals surface area contributed by atoms with Crippen LogP contribution < -0.4 is 10.1 Å². The predicted molar refractivity (Wildman–Crippen MR) is 113 cm³/mol. The third-order valence-corrected chi connectivity index (χ3v) is 4.20. The molecule has 6 nitrogen and oxygen atoms in total. The molecule has 30 heavy (non-hydrogen) atoms. The average Bonchev–Trinajstić information content (AvgIpc) is 2.67. The van der Waals surface area contributed by atoms with Crippen molar-refractivity contribution in [3.63, 3.8) is 0 Å². The molecule has 0 saturated heterocycles. The van der Waals surface area contributed by atoms with Gasteiger partial charge in [0.05, 0.1) is 19.2 Å². The smallest absolute Gasteiger partial charge is 0.407 e. The molecule has 0 aliphatic heterocycles. The van der Waals surface area contributed by atoms with Crippen LogP contribution in [0.15, 0.2) is 48.5 Å². The highest BCUT2D eigenvalue weighted by Gasteiger charge is 2.18. The summed E-state index contributed by atoms with van der Waals surface area (Å²) in [5.41, 5.74) is 0.431. The zero-order valence-electron chi connectivity index (χ0n) is 17.9. The first-order chi connectivity index (χ1) is 14.2. The van der Waals surface area contributed by atoms with E-state index in [-0.39, 0.29) is 24.4 Å². The van der Waals surface area contributed by atoms with Gasteiger partial charge < -0.3 is 14.8 Å². The van der Waals surface area contributed by atoms with Crippen LogP contribution >= 0.6 is 0 Å². The van der Waals surface area contributed by atoms with Crippen molar-refractivity contribution < 1.29 is 23.5 Å². The minimum absolute atomic E-state index is 0.0168. The van der Waals surface area contributed by atoms with Crippen LogP contribution in [0.4, 0.5) is 9.18 Å². The number of nitrogens with zero attached hydrogens (tertiary/aromatic N) is 1. The molecule has 162 valence electrons. The summed E-state index contributed by atoms with van der Waals surface area (Å²) < 4.78 is 24.4. The van der Waals surface area contributed by atoms with E-state index in [9.17, 15) is 14.0 Å². The normalized spacial score (nSPS) is 11.3. The highest BCUT2D eigenvalue weighted by Crippen LogP contribution is 2.14. The van der Waals surface area contributed by atoms with Gasteiger partial charge in [0.25, 0.3) is 0 Å². The SMILES string of the molecule is COc1ccc(CN(CCNC(=O)OC(C)(C)C)CC(=O)c2ccccc2F)cc1. The van der Waals surface area contributed by atoms with Gasteiger partial charge in [0.1, 0.15) is 17.2 Å². The van der Waals surface area contributed by atoms with Crippen molar-refractivity contribution in [3.05, 3.63) is 65.5 Å². The Balaban J connectivity index is 2.04. The molecule has 0 aliphatic carbocycles. The van der Waals surface area contributed by atoms with Gasteiger partial charge in [-0.3, -0.25) is 9.69 Å². The molecule has 0 bridgehead atoms. The number of Topliss-reactive ketones (excluding diaryl/α,β-unsaturated/α-hetero) is 1. The Morgan fingerprint density at radius 1 is 1.07 bits per heavy atom. The van der Waals surface area contributed by atoms with Crippen molar-refractivity contribution in [2.24, 2.45) is 0 Å². The van der Waals surface area contributed by atoms with E-state index < -0.39 is 17.5 Å². The van der Waals surface area contributed by atoms with Gasteiger partial charge >= 0.3 is 6.09 Å². The zero-order chi connectivity index (χ0) is 22.1. The number of alkyl carbamates (subject to hydrolysis) is 1. The Morgan fingerprint density at radius 2 is 1.73 bits per heavy atom. The molecule has 0 atom stereocenters. The highest BCUT2D eigenvalue weighted by atomic mass is 19.1. The minimum Gasteiger partial charge on any atom is -0.497 e. The van der Waals surface area contributed by atoms with Gasteiger partial charge in [-0.15, -0.1) is 0 Å². The molecular formula is C23H29FN2O4. The molecule has 2 aromatic carbocycles. The summed E-state index contributed by atoms with van der Waals surface area (Å²) in [6, 6.07) is 13.4. The van der Waals surface area contributed by atoms with Crippen LogP contribution in [0.2, 0.25) is 0 Å². The van der Waals surface area contributed by atoms with Gasteiger partial charge in [0.15, 0.2) is 5.78 Å². The number of ketones is 1. The standard InChI is InChI=1S/C23H29FN2O4/c1-23(2,3)30-22(28)25-13-14-26(15-17-9-11-18(29-4)12-10-17)16-21(27)19-7-5-6-8-20(19)24/h5-12H,13-16H2,1-4H3,(H,25,28). The maximum Gasteiger partial charge on any atom is 0.407 e. The summed E-state index contributed by atoms with van der Waals surface area (Å²) in [7, 11) is 1.59. The number of amides is 1. The lowest BCUT2D eigenvalue weighted by atomic mass is 10.1. The number of methoxy groups -OCH3 is 1. The zero-order valence-corrected chi connectivity index (χ0v) is 17.9. The summed E-state index contributed by atoms with van der Waals surface area (Å²) in [5.74, 6) is -0.128. The summed E-state index contributed by atoms with van der Waals surface area (Å²) in [6.45, 7) is 6.52. The Kier molecular flexibility index (Phi) is 8.35. The van der Waals surface area contributed by atoms with Gasteiger partial charge in [-0.05, 0) is 50.6 Å². The third-order valence-electron chi connectivity index (χ3n) is 4.20. The number of nitrogens with one attached hydrogen (secondary N) is 1. The maximum absolute atomic E-state index is 14.0. The van der Waals surface area contributed by atoms with Crippen LogP contribution in [0.3, 0.4) is 0 Å². The predicted octanol–water partition coefficient (Wildman–Crippen LogP) is 4.04. The topological polar surface area (TPSA) is 67.9 Å². The van der Waals surface area contributed by atoms with E-state index in [1.54, 1.807) is 40.0 Å². The number of carbonyl (C=O) groups is 2. The highest BCUT2D eigenvalue weighted by molar-refractivity contribution is 5.97. The molecule has 0 fully saturated rings. The summed E-state index contributed by atoms with van der Waals surface area (Å²) >= 11 is 0. The van der Waals surface area contributed by atoms with E-state index >= 15 is 0 Å². The second-order valence-corrected chi connectivity index (χ2v) is 7.89. The molecule has 2 aromatic rings. The summed E-state index contributed by atoms with van der Waals surface area (Å²) in [6.07, 6.45) is -0.521. The van der Waals surface area contributed by atoms with E-state index in [1.807, 2.05) is 29.2 Å². The second-order valence-electron chi connectivity index (χ2n) is 7.89. The number of carbonyl (C=O) groups excluding carboxylic acids is 2. The number of hydrogen-bond donors (Lipinski definition) is 1. The van der Waals surface area contributed by atoms with Crippen LogP contribution in [0.5, 0.6) is 5.75 Å². The van der Waals surface area contributed by atoms with Crippen molar-refractivity contribution in [1.29, 1.82) is 0 Å². The first-order valence-corrected chi connectivity index (χ1v) is 9.78. The fourth-order valence-electron chi connectivity index (χ4n) is 2.81. The third kappa shape index (κ3) is 7.83. The van der Waals surface area contributed by atoms with Crippen molar-refractivity contribution in [2.75, 3.05) is 26.7 Å². The van der Waals surface area contributed by atoms with Gasteiger partial charge in [-0.2, -0.15) is 0 Å². The van der Waals surface area contributed by atoms with Gasteiger partial charge in [0.2, 0.25) is 0 Å². The van der Waals surface area contributed by atoms with Gasteiger partial charge in [-0.1, -0.05) is 24.3 Å². The molecule has 0 unspecified atom stereocenters. The number of rotatable bonds is 9. The Bertz CT molecular complexity index is 847. The number of benzene rings is 2. The van der Waals surface area contributed by atoms with Gasteiger partial charge in [0, 0.05) is 19.6 Å². The fraction of sp³-hybridized carbons (Fsp3) is 0.391. The number of ether oxygens (including phenoxy) is 2. The molecular weight excluding hydrogens is 387 g/mol. The van der Waals surface area contributed by atoms with Crippen molar-refractivity contribution >= 4 is 11.9 Å². The van der Waals surface area contributed by atoms with E-state index in [0.717, 1.165) is 11.3 Å². The van der Waals surface area contributed by atoms with Crippen LogP contribution in [0.1, 0.15) is 36.7 Å². The Labute approximate surface area is 177 Å². The van der Waals surface area contributed by atoms with Crippen molar-refractivity contribution in [2.45, 2.75) is 32.9 Å². The largest absolute Gasteiger partial charge is 0.497 e.